The average molecular weight is 786 g/mol. The number of hydrogen-bond donors (Lipinski definition) is 5. The topological polar surface area (TPSA) is 207 Å². The van der Waals surface area contributed by atoms with Crippen LogP contribution in [0, 0.1) is 6.92 Å². The lowest BCUT2D eigenvalue weighted by atomic mass is 10.1. The van der Waals surface area contributed by atoms with Crippen LogP contribution in [0.15, 0.2) is 35.3 Å². The molecule has 5 N–H and O–H groups in total. The Kier molecular flexibility index (Phi) is 20.4. The van der Waals surface area contributed by atoms with E-state index in [0.29, 0.717) is 53.4 Å². The molecule has 0 spiro atoms. The van der Waals surface area contributed by atoms with Gasteiger partial charge in [0.05, 0.1) is 12.0 Å². The predicted octanol–water partition coefficient (Wildman–Crippen LogP) is 5.40. The van der Waals surface area contributed by atoms with Gasteiger partial charge in [-0.25, -0.2) is 19.9 Å². The third-order valence-electron chi connectivity index (χ3n) is 9.91. The van der Waals surface area contributed by atoms with E-state index in [1.165, 1.54) is 64.0 Å². The van der Waals surface area contributed by atoms with Crippen molar-refractivity contribution in [2.45, 2.75) is 154 Å². The monoisotopic (exact) mass is 785 g/mol. The van der Waals surface area contributed by atoms with Crippen LogP contribution in [0.2, 0.25) is 0 Å². The van der Waals surface area contributed by atoms with Gasteiger partial charge in [-0.2, -0.15) is 0 Å². The molecule has 15 nitrogen and oxygen atoms in total. The summed E-state index contributed by atoms with van der Waals surface area (Å²) in [5.74, 6) is -3.05. The van der Waals surface area contributed by atoms with Crippen molar-refractivity contribution in [3.8, 4) is 5.75 Å². The maximum atomic E-state index is 13.4. The van der Waals surface area contributed by atoms with Gasteiger partial charge in [-0.05, 0) is 76.8 Å². The number of aliphatic imine (C=N–C) groups is 1. The van der Waals surface area contributed by atoms with Crippen LogP contribution >= 0.6 is 0 Å². The molecule has 1 aromatic carbocycles. The number of benzene rings is 1. The molecule has 15 heteroatoms. The minimum Gasteiger partial charge on any atom is -0.507 e. The number of ether oxygens (including phenoxy) is 2. The molecule has 2 aliphatic rings. The Morgan fingerprint density at radius 3 is 2.48 bits per heavy atom. The number of nitrogens with zero attached hydrogens (tertiary/aromatic N) is 3. The Bertz CT molecular complexity index is 1480. The van der Waals surface area contributed by atoms with Crippen molar-refractivity contribution in [1.29, 1.82) is 0 Å². The Labute approximate surface area is 330 Å². The van der Waals surface area contributed by atoms with E-state index in [0.717, 1.165) is 19.3 Å². The largest absolute Gasteiger partial charge is 0.507 e. The van der Waals surface area contributed by atoms with Crippen LogP contribution in [-0.2, 0) is 33.4 Å². The Balaban J connectivity index is 1.52. The summed E-state index contributed by atoms with van der Waals surface area (Å²) < 4.78 is 11.2. The molecule has 0 aromatic heterocycles. The maximum absolute atomic E-state index is 13.4. The first-order chi connectivity index (χ1) is 26.9. The van der Waals surface area contributed by atoms with Crippen LogP contribution in [0.3, 0.4) is 0 Å². The van der Waals surface area contributed by atoms with Crippen LogP contribution in [0.25, 0.3) is 0 Å². The Morgan fingerprint density at radius 2 is 1.77 bits per heavy atom. The first-order valence-electron chi connectivity index (χ1n) is 20.4. The smallest absolute Gasteiger partial charge is 0.328 e. The molecule has 4 amide bonds. The second kappa shape index (κ2) is 24.9. The zero-order valence-corrected chi connectivity index (χ0v) is 33.4. The number of aryl methyl sites for hydroxylation is 1. The highest BCUT2D eigenvalue weighted by Crippen LogP contribution is 2.25. The lowest BCUT2D eigenvalue weighted by Crippen LogP contribution is -2.48. The quantitative estimate of drug-likeness (QED) is 0.0296. The van der Waals surface area contributed by atoms with Gasteiger partial charge in [0.1, 0.15) is 30.5 Å². The van der Waals surface area contributed by atoms with Crippen molar-refractivity contribution in [2.24, 2.45) is 4.99 Å². The van der Waals surface area contributed by atoms with Crippen molar-refractivity contribution in [3.05, 3.63) is 41.5 Å². The average Bonchev–Trinajstić information content (AvgIpc) is 3.59. The summed E-state index contributed by atoms with van der Waals surface area (Å²) in [7, 11) is 0. The van der Waals surface area contributed by atoms with Gasteiger partial charge >= 0.3 is 5.97 Å². The standard InChI is InChI=1S/C41H63N5O10/c1-4-5-6-7-8-9-10-11-12-13-14-24-36(49)45(53)25-17-16-22-32(43-38(50)33-28-55-39(44-33)37-29(2)20-19-23-34(37)47)41(52)56-30(3)27-35(48)42-31-21-15-18-26-46(54)40(31)51/h14,19-20,23-24,30-33,47,53-54H,4-13,15-18,21-22,25-28H2,1-3H3,(H,42,48)(H,43,50). The lowest BCUT2D eigenvalue weighted by molar-refractivity contribution is -0.167. The molecule has 56 heavy (non-hydrogen) atoms. The maximum Gasteiger partial charge on any atom is 0.328 e. The summed E-state index contributed by atoms with van der Waals surface area (Å²) in [5, 5.41) is 37.0. The third-order valence-corrected chi connectivity index (χ3v) is 9.91. The van der Waals surface area contributed by atoms with Crippen LogP contribution in [0.5, 0.6) is 5.75 Å². The fourth-order valence-electron chi connectivity index (χ4n) is 6.65. The molecule has 1 saturated heterocycles. The van der Waals surface area contributed by atoms with Crippen molar-refractivity contribution in [3.63, 3.8) is 0 Å². The molecule has 4 unspecified atom stereocenters. The molecule has 3 rings (SSSR count). The molecule has 2 heterocycles. The number of allylic oxidation sites excluding steroid dienone is 1. The van der Waals surface area contributed by atoms with Crippen molar-refractivity contribution < 1.29 is 49.0 Å². The van der Waals surface area contributed by atoms with Gasteiger partial charge in [0.15, 0.2) is 6.04 Å². The molecule has 0 bridgehead atoms. The minimum atomic E-state index is -1.16. The number of phenols is 1. The zero-order chi connectivity index (χ0) is 40.9. The highest BCUT2D eigenvalue weighted by atomic mass is 16.5. The molecule has 0 saturated carbocycles. The van der Waals surface area contributed by atoms with Crippen LogP contribution < -0.4 is 10.6 Å². The Hall–Kier alpha value is -4.50. The molecule has 0 aliphatic carbocycles. The number of unbranched alkanes of at least 4 members (excludes halogenated alkanes) is 10. The second-order valence-corrected chi connectivity index (χ2v) is 14.8. The van der Waals surface area contributed by atoms with Gasteiger partial charge < -0.3 is 25.2 Å². The molecular formula is C41H63N5O10. The van der Waals surface area contributed by atoms with Crippen molar-refractivity contribution in [2.75, 3.05) is 19.7 Å². The van der Waals surface area contributed by atoms with E-state index in [4.69, 9.17) is 9.47 Å². The molecule has 2 aliphatic heterocycles. The number of esters is 1. The molecule has 0 radical (unpaired) electrons. The van der Waals surface area contributed by atoms with Gasteiger partial charge in [0, 0.05) is 19.2 Å². The summed E-state index contributed by atoms with van der Waals surface area (Å²) in [5.41, 5.74) is 1.07. The first kappa shape index (κ1) is 45.9. The normalized spacial score (nSPS) is 18.1. The fraction of sp³-hybridized carbons (Fsp3) is 0.659. The van der Waals surface area contributed by atoms with E-state index in [1.54, 1.807) is 25.1 Å². The van der Waals surface area contributed by atoms with E-state index < -0.39 is 53.8 Å². The summed E-state index contributed by atoms with van der Waals surface area (Å²) >= 11 is 0. The number of phenolic OH excluding ortho intramolecular Hbond substituents is 1. The van der Waals surface area contributed by atoms with E-state index in [-0.39, 0.29) is 44.2 Å². The van der Waals surface area contributed by atoms with Gasteiger partial charge in [-0.15, -0.1) is 0 Å². The lowest BCUT2D eigenvalue weighted by Gasteiger charge is -2.23. The highest BCUT2D eigenvalue weighted by molar-refractivity contribution is 6.01. The van der Waals surface area contributed by atoms with Crippen LogP contribution in [0.4, 0.5) is 0 Å². The van der Waals surface area contributed by atoms with E-state index in [1.807, 2.05) is 0 Å². The number of hydrogen-bond acceptors (Lipinski definition) is 11. The number of aromatic hydroxyl groups is 1. The summed E-state index contributed by atoms with van der Waals surface area (Å²) in [6.45, 7) is 5.56. The zero-order valence-electron chi connectivity index (χ0n) is 33.4. The fourth-order valence-corrected chi connectivity index (χ4v) is 6.65. The minimum absolute atomic E-state index is 0.00266. The van der Waals surface area contributed by atoms with E-state index >= 15 is 0 Å². The van der Waals surface area contributed by atoms with Gasteiger partial charge in [0.2, 0.25) is 17.7 Å². The van der Waals surface area contributed by atoms with Crippen molar-refractivity contribution >= 4 is 35.5 Å². The predicted molar refractivity (Wildman–Crippen MR) is 209 cm³/mol. The third kappa shape index (κ3) is 15.9. The van der Waals surface area contributed by atoms with Gasteiger partial charge in [0.25, 0.3) is 11.8 Å². The molecule has 4 atom stereocenters. The molecule has 1 fully saturated rings. The highest BCUT2D eigenvalue weighted by Gasteiger charge is 2.33. The molecule has 1 aromatic rings. The number of hydroxylamine groups is 4. The number of carbonyl (C=O) groups excluding carboxylic acids is 5. The van der Waals surface area contributed by atoms with Gasteiger partial charge in [-0.3, -0.25) is 29.6 Å². The van der Waals surface area contributed by atoms with E-state index in [2.05, 4.69) is 22.5 Å². The summed E-state index contributed by atoms with van der Waals surface area (Å²) in [6.07, 6.45) is 15.9. The summed E-state index contributed by atoms with van der Waals surface area (Å²) in [4.78, 5) is 68.7. The Morgan fingerprint density at radius 1 is 1.05 bits per heavy atom. The van der Waals surface area contributed by atoms with Crippen LogP contribution in [0.1, 0.15) is 134 Å². The molecular weight excluding hydrogens is 722 g/mol. The number of carbonyl (C=O) groups is 5. The molecule has 312 valence electrons. The number of amides is 4. The number of rotatable bonds is 24. The SMILES string of the molecule is CCCCCCCCCCCC=CC(=O)N(O)CCCCC(NC(=O)C1COC(c2c(C)cccc2O)=N1)C(=O)OC(C)CC(=O)NC1CCCCN(O)C1=O. The number of nitrogens with one attached hydrogen (secondary N) is 2. The van der Waals surface area contributed by atoms with Gasteiger partial charge in [-0.1, -0.05) is 76.5 Å². The van der Waals surface area contributed by atoms with E-state index in [9.17, 15) is 39.5 Å². The van der Waals surface area contributed by atoms with Crippen molar-refractivity contribution in [1.82, 2.24) is 20.8 Å². The summed E-state index contributed by atoms with van der Waals surface area (Å²) in [6, 6.07) is 1.87. The van der Waals surface area contributed by atoms with Crippen LogP contribution in [-0.4, -0.2) is 105 Å². The second-order valence-electron chi connectivity index (χ2n) is 14.8. The first-order valence-corrected chi connectivity index (χ1v) is 20.4.